The second-order valence-electron chi connectivity index (χ2n) is 8.17. The number of piperidine rings is 1. The molecule has 30 heavy (non-hydrogen) atoms. The van der Waals surface area contributed by atoms with Crippen LogP contribution in [-0.2, 0) is 13.0 Å². The summed E-state index contributed by atoms with van der Waals surface area (Å²) in [7, 11) is 0. The molecule has 3 heterocycles. The van der Waals surface area contributed by atoms with Crippen LogP contribution in [0.4, 0.5) is 4.79 Å². The van der Waals surface area contributed by atoms with Crippen LogP contribution < -0.4 is 5.32 Å². The van der Waals surface area contributed by atoms with Crippen molar-refractivity contribution in [3.63, 3.8) is 0 Å². The molecule has 162 valence electrons. The SMILES string of the molecule is O=C(NC[C@H](O)CN1CCc2ccccc2C1)N1CCCC(c2cccnc2)C1.S. The second-order valence-corrected chi connectivity index (χ2v) is 8.17. The van der Waals surface area contributed by atoms with E-state index in [0.717, 1.165) is 38.9 Å². The van der Waals surface area contributed by atoms with Crippen LogP contribution >= 0.6 is 13.5 Å². The molecule has 7 heteroatoms. The quantitative estimate of drug-likeness (QED) is 0.768. The maximum absolute atomic E-state index is 12.6. The number of nitrogens with zero attached hydrogens (tertiary/aromatic N) is 3. The molecule has 1 saturated heterocycles. The highest BCUT2D eigenvalue weighted by molar-refractivity contribution is 7.59. The van der Waals surface area contributed by atoms with Crippen LogP contribution in [0.1, 0.15) is 35.4 Å². The molecule has 0 bridgehead atoms. The van der Waals surface area contributed by atoms with Gasteiger partial charge in [-0.15, -0.1) is 0 Å². The minimum atomic E-state index is -0.567. The normalized spacial score (nSPS) is 20.0. The zero-order chi connectivity index (χ0) is 20.1. The van der Waals surface area contributed by atoms with Crippen molar-refractivity contribution in [3.05, 3.63) is 65.5 Å². The predicted octanol–water partition coefficient (Wildman–Crippen LogP) is 2.50. The van der Waals surface area contributed by atoms with E-state index in [9.17, 15) is 9.90 Å². The Hall–Kier alpha value is -2.09. The minimum absolute atomic E-state index is 0. The van der Waals surface area contributed by atoms with Gasteiger partial charge in [0.1, 0.15) is 0 Å². The topological polar surface area (TPSA) is 68.7 Å². The zero-order valence-electron chi connectivity index (χ0n) is 17.3. The first-order valence-electron chi connectivity index (χ1n) is 10.6. The van der Waals surface area contributed by atoms with Crippen LogP contribution in [0.5, 0.6) is 0 Å². The van der Waals surface area contributed by atoms with Gasteiger partial charge in [0.15, 0.2) is 0 Å². The van der Waals surface area contributed by atoms with Gasteiger partial charge in [0.2, 0.25) is 0 Å². The van der Waals surface area contributed by atoms with Crippen molar-refractivity contribution in [1.29, 1.82) is 0 Å². The average Bonchev–Trinajstić information content (AvgIpc) is 2.78. The van der Waals surface area contributed by atoms with E-state index < -0.39 is 6.10 Å². The maximum atomic E-state index is 12.6. The summed E-state index contributed by atoms with van der Waals surface area (Å²) in [5, 5.41) is 13.4. The first-order chi connectivity index (χ1) is 14.2. The number of fused-ring (bicyclic) bond motifs is 1. The molecule has 6 nitrogen and oxygen atoms in total. The number of rotatable bonds is 5. The minimum Gasteiger partial charge on any atom is -0.390 e. The fourth-order valence-corrected chi connectivity index (χ4v) is 4.44. The summed E-state index contributed by atoms with van der Waals surface area (Å²) in [6.07, 6.45) is 6.19. The first-order valence-corrected chi connectivity index (χ1v) is 10.6. The number of pyridine rings is 1. The van der Waals surface area contributed by atoms with Crippen LogP contribution in [0.2, 0.25) is 0 Å². The molecule has 2 N–H and O–H groups in total. The van der Waals surface area contributed by atoms with Crippen LogP contribution in [0.25, 0.3) is 0 Å². The van der Waals surface area contributed by atoms with Crippen molar-refractivity contribution < 1.29 is 9.90 Å². The lowest BCUT2D eigenvalue weighted by Gasteiger charge is -2.33. The third-order valence-corrected chi connectivity index (χ3v) is 6.03. The van der Waals surface area contributed by atoms with Crippen molar-refractivity contribution in [2.24, 2.45) is 0 Å². The molecule has 2 aliphatic heterocycles. The average molecular weight is 429 g/mol. The van der Waals surface area contributed by atoms with Gasteiger partial charge in [0.25, 0.3) is 0 Å². The Bertz CT molecular complexity index is 820. The molecular weight excluding hydrogens is 396 g/mol. The van der Waals surface area contributed by atoms with E-state index in [0.29, 0.717) is 19.0 Å². The van der Waals surface area contributed by atoms with Gasteiger partial charge >= 0.3 is 6.03 Å². The molecule has 2 amide bonds. The molecule has 0 saturated carbocycles. The van der Waals surface area contributed by atoms with E-state index in [4.69, 9.17) is 0 Å². The number of carbonyl (C=O) groups is 1. The van der Waals surface area contributed by atoms with Crippen LogP contribution in [-0.4, -0.2) is 64.7 Å². The van der Waals surface area contributed by atoms with Gasteiger partial charge in [-0.25, -0.2) is 4.79 Å². The van der Waals surface area contributed by atoms with Crippen LogP contribution in [0, 0.1) is 0 Å². The lowest BCUT2D eigenvalue weighted by molar-refractivity contribution is 0.102. The van der Waals surface area contributed by atoms with Crippen molar-refractivity contribution in [1.82, 2.24) is 20.1 Å². The Morgan fingerprint density at radius 1 is 1.20 bits per heavy atom. The van der Waals surface area contributed by atoms with Crippen molar-refractivity contribution in [2.45, 2.75) is 37.8 Å². The predicted molar refractivity (Wildman–Crippen MR) is 123 cm³/mol. The third kappa shape index (κ3) is 5.74. The smallest absolute Gasteiger partial charge is 0.317 e. The molecule has 1 unspecified atom stereocenters. The van der Waals surface area contributed by atoms with Gasteiger partial charge in [-0.2, -0.15) is 13.5 Å². The molecule has 2 aliphatic rings. The highest BCUT2D eigenvalue weighted by atomic mass is 32.1. The summed E-state index contributed by atoms with van der Waals surface area (Å²) in [4.78, 5) is 20.9. The number of nitrogens with one attached hydrogen (secondary N) is 1. The van der Waals surface area contributed by atoms with E-state index in [2.05, 4.69) is 45.5 Å². The standard InChI is InChI=1S/C23H30N4O2.H2S/c28-22(17-26-12-9-18-5-1-2-6-20(18)15-26)14-25-23(29)27-11-4-8-21(16-27)19-7-3-10-24-13-19;/h1-3,5-7,10,13,21-22,28H,4,8-9,11-12,14-17H2,(H,25,29);1H2/t21?,22-;/m0./s1. The number of carbonyl (C=O) groups excluding carboxylic acids is 1. The molecule has 0 spiro atoms. The Balaban J connectivity index is 0.00000256. The summed E-state index contributed by atoms with van der Waals surface area (Å²) >= 11 is 0. The maximum Gasteiger partial charge on any atom is 0.317 e. The summed E-state index contributed by atoms with van der Waals surface area (Å²) in [6.45, 7) is 4.14. The van der Waals surface area contributed by atoms with Gasteiger partial charge in [0, 0.05) is 57.6 Å². The van der Waals surface area contributed by atoms with Crippen molar-refractivity contribution in [2.75, 3.05) is 32.7 Å². The number of aliphatic hydroxyl groups excluding tert-OH is 1. The van der Waals surface area contributed by atoms with E-state index in [1.165, 1.54) is 16.7 Å². The number of likely N-dealkylation sites (tertiary alicyclic amines) is 1. The highest BCUT2D eigenvalue weighted by Crippen LogP contribution is 2.26. The van der Waals surface area contributed by atoms with Gasteiger partial charge in [-0.05, 0) is 42.0 Å². The molecule has 0 aliphatic carbocycles. The number of aliphatic hydroxyl groups is 1. The van der Waals surface area contributed by atoms with Gasteiger partial charge in [0.05, 0.1) is 6.10 Å². The Labute approximate surface area is 185 Å². The Morgan fingerprint density at radius 2 is 2.03 bits per heavy atom. The number of urea groups is 1. The zero-order valence-corrected chi connectivity index (χ0v) is 18.3. The molecule has 1 fully saturated rings. The molecule has 0 radical (unpaired) electrons. The lowest BCUT2D eigenvalue weighted by Crippen LogP contribution is -2.48. The van der Waals surface area contributed by atoms with Crippen LogP contribution in [0.15, 0.2) is 48.8 Å². The first kappa shape index (κ1) is 22.6. The summed E-state index contributed by atoms with van der Waals surface area (Å²) in [6, 6.07) is 12.4. The molecule has 2 aromatic rings. The molecule has 1 aromatic carbocycles. The number of hydrogen-bond acceptors (Lipinski definition) is 4. The van der Waals surface area contributed by atoms with Gasteiger partial charge in [-0.1, -0.05) is 30.3 Å². The monoisotopic (exact) mass is 428 g/mol. The van der Waals surface area contributed by atoms with E-state index in [-0.39, 0.29) is 26.1 Å². The number of hydrogen-bond donors (Lipinski definition) is 2. The second kappa shape index (κ2) is 10.8. The Kier molecular flexibility index (Phi) is 8.13. The highest BCUT2D eigenvalue weighted by Gasteiger charge is 2.25. The lowest BCUT2D eigenvalue weighted by atomic mass is 9.92. The molecular formula is C23H32N4O2S. The summed E-state index contributed by atoms with van der Waals surface area (Å²) in [5.41, 5.74) is 3.93. The van der Waals surface area contributed by atoms with E-state index >= 15 is 0 Å². The summed E-state index contributed by atoms with van der Waals surface area (Å²) in [5.74, 6) is 0.335. The van der Waals surface area contributed by atoms with E-state index in [1.807, 2.05) is 17.2 Å². The number of benzene rings is 1. The number of aromatic nitrogens is 1. The summed E-state index contributed by atoms with van der Waals surface area (Å²) < 4.78 is 0. The molecule has 1 aromatic heterocycles. The molecule has 2 atom stereocenters. The van der Waals surface area contributed by atoms with E-state index in [1.54, 1.807) is 6.20 Å². The van der Waals surface area contributed by atoms with Crippen molar-refractivity contribution in [3.8, 4) is 0 Å². The van der Waals surface area contributed by atoms with Crippen LogP contribution in [0.3, 0.4) is 0 Å². The Morgan fingerprint density at radius 3 is 2.83 bits per heavy atom. The van der Waals surface area contributed by atoms with Gasteiger partial charge < -0.3 is 15.3 Å². The fourth-order valence-electron chi connectivity index (χ4n) is 4.44. The van der Waals surface area contributed by atoms with Gasteiger partial charge in [-0.3, -0.25) is 9.88 Å². The fraction of sp³-hybridized carbons (Fsp3) is 0.478. The van der Waals surface area contributed by atoms with Crippen molar-refractivity contribution >= 4 is 19.5 Å². The third-order valence-electron chi connectivity index (χ3n) is 6.03. The largest absolute Gasteiger partial charge is 0.390 e. The molecule has 4 rings (SSSR count). The number of amides is 2. The number of β-amino-alcohol motifs (C(OH)–C–C–N with tert-alkyl or cyclic N) is 1.